The van der Waals surface area contributed by atoms with Crippen molar-refractivity contribution in [3.63, 3.8) is 0 Å². The quantitative estimate of drug-likeness (QED) is 0.311. The lowest BCUT2D eigenvalue weighted by Crippen LogP contribution is -3.12. The zero-order valence-corrected chi connectivity index (χ0v) is 21.3. The number of ketones is 1. The van der Waals surface area contributed by atoms with Crippen LogP contribution >= 0.6 is 0 Å². The third-order valence-corrected chi connectivity index (χ3v) is 6.65. The number of nitrogens with one attached hydrogen (secondary N) is 1. The minimum absolute atomic E-state index is 0.0793. The molecule has 1 N–H and O–H groups in total. The normalized spacial score (nSPS) is 17.2. The first-order valence-electron chi connectivity index (χ1n) is 11.8. The fourth-order valence-electron chi connectivity index (χ4n) is 4.52. The molecule has 8 nitrogen and oxygen atoms in total. The highest BCUT2D eigenvalue weighted by Crippen LogP contribution is 2.43. The molecule has 35 heavy (non-hydrogen) atoms. The van der Waals surface area contributed by atoms with Crippen LogP contribution in [0.2, 0.25) is 0 Å². The van der Waals surface area contributed by atoms with Crippen molar-refractivity contribution in [1.82, 2.24) is 4.90 Å². The number of hydrogen-bond acceptors (Lipinski definition) is 6. The number of Topliss-reactive ketones (excluding diaryl/α,β-unsaturated/α-hetero) is 1. The fourth-order valence-corrected chi connectivity index (χ4v) is 4.52. The van der Waals surface area contributed by atoms with Crippen molar-refractivity contribution in [2.45, 2.75) is 26.8 Å². The molecule has 0 spiro atoms. The smallest absolute Gasteiger partial charge is 0.295 e. The van der Waals surface area contributed by atoms with Crippen molar-refractivity contribution in [2.75, 3.05) is 47.5 Å². The first kappa shape index (κ1) is 26.1. The minimum Gasteiger partial charge on any atom is -0.872 e. The number of nitrogens with zero attached hydrogens (tertiary/aromatic N) is 1. The highest BCUT2D eigenvalue weighted by Gasteiger charge is 2.45. The molecule has 1 atom stereocenters. The van der Waals surface area contributed by atoms with E-state index in [1.807, 2.05) is 0 Å². The van der Waals surface area contributed by atoms with Crippen molar-refractivity contribution >= 4 is 17.4 Å². The van der Waals surface area contributed by atoms with E-state index in [9.17, 15) is 14.7 Å². The van der Waals surface area contributed by atoms with E-state index >= 15 is 0 Å². The summed E-state index contributed by atoms with van der Waals surface area (Å²) in [6.45, 7) is 8.68. The molecule has 2 aromatic carbocycles. The van der Waals surface area contributed by atoms with E-state index in [4.69, 9.17) is 14.2 Å². The van der Waals surface area contributed by atoms with Gasteiger partial charge in [0.25, 0.3) is 5.91 Å². The number of likely N-dealkylation sites (tertiary alicyclic amines) is 1. The van der Waals surface area contributed by atoms with E-state index in [-0.39, 0.29) is 5.57 Å². The summed E-state index contributed by atoms with van der Waals surface area (Å²) in [5.74, 6) is -0.330. The van der Waals surface area contributed by atoms with Crippen molar-refractivity contribution in [3.05, 3.63) is 58.7 Å². The molecule has 1 aliphatic heterocycles. The lowest BCUT2D eigenvalue weighted by atomic mass is 9.93. The Hall–Kier alpha value is -3.52. The van der Waals surface area contributed by atoms with Gasteiger partial charge in [-0.3, -0.25) is 9.59 Å². The molecule has 8 heteroatoms. The molecule has 1 heterocycles. The van der Waals surface area contributed by atoms with Gasteiger partial charge in [0.1, 0.15) is 17.2 Å². The van der Waals surface area contributed by atoms with Crippen molar-refractivity contribution in [2.24, 2.45) is 0 Å². The van der Waals surface area contributed by atoms with Gasteiger partial charge >= 0.3 is 0 Å². The topological polar surface area (TPSA) is 92.6 Å². The molecule has 1 aliphatic rings. The van der Waals surface area contributed by atoms with Gasteiger partial charge in [-0.05, 0) is 62.2 Å². The Bertz CT molecular complexity index is 1120. The first-order valence-corrected chi connectivity index (χ1v) is 11.8. The van der Waals surface area contributed by atoms with Gasteiger partial charge in [0.15, 0.2) is 0 Å². The molecule has 0 aliphatic carbocycles. The second-order valence-corrected chi connectivity index (χ2v) is 8.47. The number of rotatable bonds is 10. The second-order valence-electron chi connectivity index (χ2n) is 8.47. The summed E-state index contributed by atoms with van der Waals surface area (Å²) in [5.41, 5.74) is 1.47. The van der Waals surface area contributed by atoms with Crippen molar-refractivity contribution < 1.29 is 33.8 Å². The fraction of sp³-hybridized carbons (Fsp3) is 0.407. The summed E-state index contributed by atoms with van der Waals surface area (Å²) >= 11 is 0. The van der Waals surface area contributed by atoms with Crippen LogP contribution in [0, 0.1) is 6.92 Å². The highest BCUT2D eigenvalue weighted by molar-refractivity contribution is 6.46. The molecule has 0 radical (unpaired) electrons. The van der Waals surface area contributed by atoms with Gasteiger partial charge in [0, 0.05) is 11.1 Å². The van der Waals surface area contributed by atoms with Gasteiger partial charge in [-0.1, -0.05) is 11.8 Å². The standard InChI is InChI=1S/C27H34N2O6/c1-7-28(8-2)13-14-29-24(21-16-19(34-5)10-12-22(21)35-6)23(26(31)27(29)32)25(30)20-11-9-18(33-4)15-17(20)3/h9-12,15-16,24,30H,7-8,13-14H2,1-6H3. The largest absolute Gasteiger partial charge is 0.872 e. The molecule has 3 rings (SSSR count). The van der Waals surface area contributed by atoms with Gasteiger partial charge in [0.2, 0.25) is 5.78 Å². The van der Waals surface area contributed by atoms with Crippen LogP contribution in [0.5, 0.6) is 17.2 Å². The number of aryl methyl sites for hydroxylation is 1. The SMILES string of the molecule is CC[NH+](CC)CCN1C(=O)C(=O)C(=C([O-])c2ccc(OC)cc2C)C1c1cc(OC)ccc1OC. The molecular weight excluding hydrogens is 448 g/mol. The number of quaternary nitrogens is 1. The molecule has 0 bridgehead atoms. The number of carbonyl (C=O) groups excluding carboxylic acids is 2. The predicted octanol–water partition coefficient (Wildman–Crippen LogP) is 1.17. The van der Waals surface area contributed by atoms with Gasteiger partial charge < -0.3 is 29.1 Å². The second kappa shape index (κ2) is 11.3. The summed E-state index contributed by atoms with van der Waals surface area (Å²) in [6.07, 6.45) is 0. The number of ether oxygens (including phenoxy) is 3. The summed E-state index contributed by atoms with van der Waals surface area (Å²) in [5, 5.41) is 13.8. The number of benzene rings is 2. The summed E-state index contributed by atoms with van der Waals surface area (Å²) in [6, 6.07) is 9.33. The Morgan fingerprint density at radius 2 is 1.60 bits per heavy atom. The van der Waals surface area contributed by atoms with Crippen LogP contribution in [-0.2, 0) is 9.59 Å². The lowest BCUT2D eigenvalue weighted by Gasteiger charge is -2.30. The number of methoxy groups -OCH3 is 3. The third-order valence-electron chi connectivity index (χ3n) is 6.65. The van der Waals surface area contributed by atoms with E-state index in [0.717, 1.165) is 13.1 Å². The number of amides is 1. The maximum Gasteiger partial charge on any atom is 0.295 e. The van der Waals surface area contributed by atoms with Crippen LogP contribution in [0.1, 0.15) is 36.6 Å². The van der Waals surface area contributed by atoms with Crippen molar-refractivity contribution in [3.8, 4) is 17.2 Å². The molecule has 1 unspecified atom stereocenters. The van der Waals surface area contributed by atoms with E-state index in [2.05, 4.69) is 13.8 Å². The van der Waals surface area contributed by atoms with Gasteiger partial charge in [-0.2, -0.15) is 0 Å². The summed E-state index contributed by atoms with van der Waals surface area (Å²) in [4.78, 5) is 29.4. The average Bonchev–Trinajstić information content (AvgIpc) is 3.13. The molecule has 0 aromatic heterocycles. The van der Waals surface area contributed by atoms with Crippen LogP contribution < -0.4 is 24.2 Å². The monoisotopic (exact) mass is 482 g/mol. The van der Waals surface area contributed by atoms with Crippen LogP contribution in [-0.4, -0.2) is 64.1 Å². The maximum absolute atomic E-state index is 13.8. The number of hydrogen-bond donors (Lipinski definition) is 1. The minimum atomic E-state index is -0.885. The lowest BCUT2D eigenvalue weighted by molar-refractivity contribution is -0.895. The Morgan fingerprint density at radius 1 is 0.971 bits per heavy atom. The Morgan fingerprint density at radius 3 is 2.17 bits per heavy atom. The maximum atomic E-state index is 13.8. The Balaban J connectivity index is 2.22. The van der Waals surface area contributed by atoms with Crippen LogP contribution in [0.3, 0.4) is 0 Å². The molecule has 1 saturated heterocycles. The molecule has 0 saturated carbocycles. The first-order chi connectivity index (χ1) is 16.8. The Labute approximate surface area is 206 Å². The summed E-state index contributed by atoms with van der Waals surface area (Å²) in [7, 11) is 4.60. The predicted molar refractivity (Wildman–Crippen MR) is 131 cm³/mol. The van der Waals surface area contributed by atoms with Gasteiger partial charge in [-0.15, -0.1) is 0 Å². The molecule has 1 fully saturated rings. The van der Waals surface area contributed by atoms with Crippen LogP contribution in [0.4, 0.5) is 0 Å². The van der Waals surface area contributed by atoms with E-state index in [0.29, 0.717) is 47.0 Å². The van der Waals surface area contributed by atoms with Crippen LogP contribution in [0.15, 0.2) is 42.0 Å². The zero-order chi connectivity index (χ0) is 25.7. The molecule has 2 aromatic rings. The third kappa shape index (κ3) is 5.12. The molecular formula is C27H34N2O6. The number of carbonyl (C=O) groups is 2. The highest BCUT2D eigenvalue weighted by atomic mass is 16.5. The van der Waals surface area contributed by atoms with Gasteiger partial charge in [0.05, 0.1) is 53.6 Å². The van der Waals surface area contributed by atoms with Crippen molar-refractivity contribution in [1.29, 1.82) is 0 Å². The van der Waals surface area contributed by atoms with E-state index in [1.165, 1.54) is 24.0 Å². The van der Waals surface area contributed by atoms with E-state index < -0.39 is 23.5 Å². The molecule has 1 amide bonds. The number of likely N-dealkylation sites (N-methyl/N-ethyl adjacent to an activating group) is 1. The zero-order valence-electron chi connectivity index (χ0n) is 21.3. The summed E-state index contributed by atoms with van der Waals surface area (Å²) < 4.78 is 16.2. The Kier molecular flexibility index (Phi) is 8.40. The molecule has 188 valence electrons. The van der Waals surface area contributed by atoms with Crippen LogP contribution in [0.25, 0.3) is 5.76 Å². The van der Waals surface area contributed by atoms with Gasteiger partial charge in [-0.25, -0.2) is 0 Å². The average molecular weight is 483 g/mol. The van der Waals surface area contributed by atoms with E-state index in [1.54, 1.807) is 50.4 Å².